The first-order valence-electron chi connectivity index (χ1n) is 6.49. The van der Waals surface area contributed by atoms with Crippen LogP contribution in [0.25, 0.3) is 10.9 Å². The summed E-state index contributed by atoms with van der Waals surface area (Å²) < 4.78 is 38.7. The Balaban J connectivity index is 2.12. The normalized spacial score (nSPS) is 12.3. The van der Waals surface area contributed by atoms with Crippen LogP contribution in [0.1, 0.15) is 0 Å². The first-order chi connectivity index (χ1) is 10.5. The van der Waals surface area contributed by atoms with Gasteiger partial charge in [0.2, 0.25) is 0 Å². The second-order valence-electron chi connectivity index (χ2n) is 4.74. The van der Waals surface area contributed by atoms with E-state index >= 15 is 0 Å². The van der Waals surface area contributed by atoms with Gasteiger partial charge in [-0.15, -0.1) is 0 Å². The number of hydrogen-bond acceptors (Lipinski definition) is 3. The van der Waals surface area contributed by atoms with Crippen molar-refractivity contribution >= 4 is 33.1 Å². The highest BCUT2D eigenvalue weighted by atomic mass is 32.2. The van der Waals surface area contributed by atoms with Crippen molar-refractivity contribution in [3.63, 3.8) is 0 Å². The number of hydrogen-bond donors (Lipinski definition) is 1. The molecule has 0 bridgehead atoms. The Morgan fingerprint density at radius 3 is 2.64 bits per heavy atom. The van der Waals surface area contributed by atoms with Gasteiger partial charge in [0, 0.05) is 45.3 Å². The maximum Gasteiger partial charge on any atom is 0.146 e. The van der Waals surface area contributed by atoms with Gasteiger partial charge in [0.05, 0.1) is 11.2 Å². The van der Waals surface area contributed by atoms with E-state index in [-0.39, 0.29) is 5.69 Å². The summed E-state index contributed by atoms with van der Waals surface area (Å²) in [5, 5.41) is 3.56. The maximum atomic E-state index is 13.8. The Morgan fingerprint density at radius 1 is 1.05 bits per heavy atom. The van der Waals surface area contributed by atoms with Crippen molar-refractivity contribution in [3.05, 3.63) is 60.3 Å². The highest BCUT2D eigenvalue weighted by Crippen LogP contribution is 2.28. The first-order valence-corrected chi connectivity index (χ1v) is 8.04. The molecule has 0 aliphatic heterocycles. The van der Waals surface area contributed by atoms with E-state index < -0.39 is 22.4 Å². The second-order valence-corrected chi connectivity index (χ2v) is 6.12. The van der Waals surface area contributed by atoms with Crippen molar-refractivity contribution in [3.8, 4) is 0 Å². The summed E-state index contributed by atoms with van der Waals surface area (Å²) in [6.45, 7) is 0. The van der Waals surface area contributed by atoms with E-state index in [1.165, 1.54) is 0 Å². The molecule has 2 aromatic carbocycles. The Labute approximate surface area is 128 Å². The fourth-order valence-corrected chi connectivity index (χ4v) is 2.70. The highest BCUT2D eigenvalue weighted by molar-refractivity contribution is 7.84. The quantitative estimate of drug-likeness (QED) is 0.794. The molecule has 3 aromatic rings. The van der Waals surface area contributed by atoms with E-state index in [0.717, 1.165) is 18.2 Å². The molecule has 1 atom stereocenters. The van der Waals surface area contributed by atoms with Gasteiger partial charge in [-0.05, 0) is 36.4 Å². The average Bonchev–Trinajstić information content (AvgIpc) is 2.50. The van der Waals surface area contributed by atoms with E-state index in [4.69, 9.17) is 0 Å². The molecule has 0 fully saturated rings. The van der Waals surface area contributed by atoms with Crippen molar-refractivity contribution in [2.75, 3.05) is 11.6 Å². The minimum absolute atomic E-state index is 0.0375. The first kappa shape index (κ1) is 14.6. The summed E-state index contributed by atoms with van der Waals surface area (Å²) in [5.74, 6) is -1.08. The van der Waals surface area contributed by atoms with Gasteiger partial charge in [-0.3, -0.25) is 9.19 Å². The largest absolute Gasteiger partial charge is 0.352 e. The van der Waals surface area contributed by atoms with Crippen LogP contribution in [0, 0.1) is 11.6 Å². The van der Waals surface area contributed by atoms with Crippen LogP contribution in [0.15, 0.2) is 53.6 Å². The number of pyridine rings is 1. The van der Waals surface area contributed by atoms with Crippen LogP contribution in [0.5, 0.6) is 0 Å². The van der Waals surface area contributed by atoms with Gasteiger partial charge in [0.1, 0.15) is 11.6 Å². The summed E-state index contributed by atoms with van der Waals surface area (Å²) in [7, 11) is -1.14. The van der Waals surface area contributed by atoms with E-state index in [1.54, 1.807) is 36.7 Å². The van der Waals surface area contributed by atoms with Gasteiger partial charge >= 0.3 is 0 Å². The minimum atomic E-state index is -1.14. The number of halogens is 2. The molecular weight excluding hydrogens is 306 g/mol. The molecule has 6 heteroatoms. The lowest BCUT2D eigenvalue weighted by molar-refractivity contribution is 0.603. The molecule has 0 saturated heterocycles. The molecule has 1 unspecified atom stereocenters. The molecule has 1 N–H and O–H groups in total. The number of nitrogens with zero attached hydrogens (tertiary/aromatic N) is 1. The molecule has 0 saturated carbocycles. The molecule has 0 aliphatic carbocycles. The van der Waals surface area contributed by atoms with Gasteiger partial charge in [0.25, 0.3) is 0 Å². The van der Waals surface area contributed by atoms with E-state index in [9.17, 15) is 13.0 Å². The number of rotatable bonds is 3. The standard InChI is InChI=1S/C16H12F2N2OS/c1-22(21)11-3-5-14-12(9-11)15(6-7-19-14)20-16-8-10(17)2-4-13(16)18/h2-9H,1H3,(H,19,20). The van der Waals surface area contributed by atoms with Crippen molar-refractivity contribution in [1.82, 2.24) is 4.98 Å². The molecule has 0 amide bonds. The van der Waals surface area contributed by atoms with Crippen molar-refractivity contribution < 1.29 is 13.0 Å². The Kier molecular flexibility index (Phi) is 3.85. The van der Waals surface area contributed by atoms with Crippen LogP contribution in [0.4, 0.5) is 20.2 Å². The molecule has 0 radical (unpaired) electrons. The lowest BCUT2D eigenvalue weighted by Crippen LogP contribution is -1.97. The lowest BCUT2D eigenvalue weighted by Gasteiger charge is -2.11. The smallest absolute Gasteiger partial charge is 0.146 e. The zero-order chi connectivity index (χ0) is 15.7. The second kappa shape index (κ2) is 5.81. The van der Waals surface area contributed by atoms with Crippen LogP contribution in [-0.2, 0) is 10.8 Å². The van der Waals surface area contributed by atoms with Gasteiger partial charge in [-0.1, -0.05) is 0 Å². The minimum Gasteiger partial charge on any atom is -0.352 e. The number of benzene rings is 2. The molecular formula is C16H12F2N2OS. The third-order valence-corrected chi connectivity index (χ3v) is 4.16. The molecule has 3 rings (SSSR count). The third-order valence-electron chi connectivity index (χ3n) is 3.24. The Hall–Kier alpha value is -2.34. The summed E-state index contributed by atoms with van der Waals surface area (Å²) in [5.41, 5.74) is 1.29. The van der Waals surface area contributed by atoms with Crippen LogP contribution in [-0.4, -0.2) is 15.4 Å². The predicted octanol–water partition coefficient (Wildman–Crippen LogP) is 3.99. The summed E-state index contributed by atoms with van der Waals surface area (Å²) in [6, 6.07) is 10.1. The van der Waals surface area contributed by atoms with Crippen LogP contribution < -0.4 is 5.32 Å². The number of fused-ring (bicyclic) bond motifs is 1. The molecule has 3 nitrogen and oxygen atoms in total. The SMILES string of the molecule is CS(=O)c1ccc2nccc(Nc3cc(F)ccc3F)c2c1. The van der Waals surface area contributed by atoms with Crippen molar-refractivity contribution in [2.45, 2.75) is 4.90 Å². The van der Waals surface area contributed by atoms with Crippen LogP contribution in [0.2, 0.25) is 0 Å². The topological polar surface area (TPSA) is 42.0 Å². The third kappa shape index (κ3) is 2.82. The number of aromatic nitrogens is 1. The van der Waals surface area contributed by atoms with Gasteiger partial charge in [0.15, 0.2) is 0 Å². The fourth-order valence-electron chi connectivity index (χ4n) is 2.15. The molecule has 0 aliphatic rings. The van der Waals surface area contributed by atoms with Gasteiger partial charge in [-0.2, -0.15) is 0 Å². The van der Waals surface area contributed by atoms with E-state index in [2.05, 4.69) is 10.3 Å². The van der Waals surface area contributed by atoms with Gasteiger partial charge < -0.3 is 5.32 Å². The molecule has 1 aromatic heterocycles. The zero-order valence-electron chi connectivity index (χ0n) is 11.6. The molecule has 1 heterocycles. The average molecular weight is 318 g/mol. The van der Waals surface area contributed by atoms with Gasteiger partial charge in [-0.25, -0.2) is 8.78 Å². The molecule has 0 spiro atoms. The fraction of sp³-hybridized carbons (Fsp3) is 0.0625. The monoisotopic (exact) mass is 318 g/mol. The van der Waals surface area contributed by atoms with Crippen molar-refractivity contribution in [2.24, 2.45) is 0 Å². The van der Waals surface area contributed by atoms with Crippen LogP contribution >= 0.6 is 0 Å². The molecule has 22 heavy (non-hydrogen) atoms. The zero-order valence-corrected chi connectivity index (χ0v) is 12.5. The predicted molar refractivity (Wildman–Crippen MR) is 83.7 cm³/mol. The van der Waals surface area contributed by atoms with Crippen molar-refractivity contribution in [1.29, 1.82) is 0 Å². The number of anilines is 2. The van der Waals surface area contributed by atoms with E-state index in [0.29, 0.717) is 21.5 Å². The summed E-state index contributed by atoms with van der Waals surface area (Å²) >= 11 is 0. The Bertz CT molecular complexity index is 883. The van der Waals surface area contributed by atoms with E-state index in [1.807, 2.05) is 0 Å². The van der Waals surface area contributed by atoms with Crippen LogP contribution in [0.3, 0.4) is 0 Å². The number of nitrogens with one attached hydrogen (secondary N) is 1. The molecule has 112 valence electrons. The maximum absolute atomic E-state index is 13.8. The summed E-state index contributed by atoms with van der Waals surface area (Å²) in [6.07, 6.45) is 3.15. The Morgan fingerprint density at radius 2 is 1.86 bits per heavy atom. The summed E-state index contributed by atoms with van der Waals surface area (Å²) in [4.78, 5) is 4.86. The highest BCUT2D eigenvalue weighted by Gasteiger charge is 2.09. The lowest BCUT2D eigenvalue weighted by atomic mass is 10.1.